The quantitative estimate of drug-likeness (QED) is 0.270. The van der Waals surface area contributed by atoms with Gasteiger partial charge in [0.25, 0.3) is 0 Å². The van der Waals surface area contributed by atoms with Crippen LogP contribution < -0.4 is 0 Å². The Balaban J connectivity index is 1.38. The first-order valence-electron chi connectivity index (χ1n) is 11.2. The molecule has 4 aromatic heterocycles. The highest BCUT2D eigenvalue weighted by molar-refractivity contribution is 6.05. The summed E-state index contributed by atoms with van der Waals surface area (Å²) in [4.78, 5) is 19.0. The van der Waals surface area contributed by atoms with Crippen LogP contribution in [0.25, 0.3) is 66.1 Å². The second-order valence-electron chi connectivity index (χ2n) is 8.39. The van der Waals surface area contributed by atoms with E-state index in [9.17, 15) is 0 Å². The molecule has 0 saturated heterocycles. The van der Waals surface area contributed by atoms with E-state index in [0.717, 1.165) is 66.1 Å². The molecule has 0 unspecified atom stereocenters. The molecule has 0 N–H and O–H groups in total. The molecule has 34 heavy (non-hydrogen) atoms. The Morgan fingerprint density at radius 2 is 0.941 bits per heavy atom. The summed E-state index contributed by atoms with van der Waals surface area (Å²) in [7, 11) is 0. The van der Waals surface area contributed by atoms with Gasteiger partial charge in [0.05, 0.1) is 33.5 Å². The minimum absolute atomic E-state index is 0.932. The minimum Gasteiger partial charge on any atom is -0.256 e. The average molecular weight is 435 g/mol. The molecule has 0 fully saturated rings. The van der Waals surface area contributed by atoms with Gasteiger partial charge in [-0.25, -0.2) is 9.97 Å². The van der Waals surface area contributed by atoms with Crippen molar-refractivity contribution in [2.75, 3.05) is 0 Å². The molecule has 0 amide bonds. The van der Waals surface area contributed by atoms with E-state index in [-0.39, 0.29) is 0 Å². The van der Waals surface area contributed by atoms with Gasteiger partial charge in [-0.1, -0.05) is 42.5 Å². The van der Waals surface area contributed by atoms with Gasteiger partial charge in [-0.3, -0.25) is 9.97 Å². The molecule has 4 heterocycles. The third kappa shape index (κ3) is 3.00. The van der Waals surface area contributed by atoms with Crippen molar-refractivity contribution in [1.29, 1.82) is 0 Å². The molecule has 4 nitrogen and oxygen atoms in total. The highest BCUT2D eigenvalue weighted by Gasteiger charge is 2.09. The van der Waals surface area contributed by atoms with Crippen molar-refractivity contribution < 1.29 is 0 Å². The molecule has 0 radical (unpaired) electrons. The minimum atomic E-state index is 0.932. The van der Waals surface area contributed by atoms with Crippen molar-refractivity contribution in [3.63, 3.8) is 0 Å². The molecule has 3 aromatic carbocycles. The number of benzene rings is 3. The van der Waals surface area contributed by atoms with Crippen LogP contribution in [0.1, 0.15) is 0 Å². The van der Waals surface area contributed by atoms with Crippen LogP contribution in [-0.2, 0) is 0 Å². The molecular formula is C30H18N4. The van der Waals surface area contributed by atoms with Crippen LogP contribution >= 0.6 is 0 Å². The smallest absolute Gasteiger partial charge is 0.0803 e. The first-order valence-corrected chi connectivity index (χ1v) is 11.2. The first kappa shape index (κ1) is 18.8. The van der Waals surface area contributed by atoms with Crippen LogP contribution in [0.2, 0.25) is 0 Å². The predicted molar refractivity (Wildman–Crippen MR) is 139 cm³/mol. The molecule has 0 aliphatic heterocycles. The maximum absolute atomic E-state index is 5.03. The summed E-state index contributed by atoms with van der Waals surface area (Å²) in [6.45, 7) is 0. The fourth-order valence-corrected chi connectivity index (χ4v) is 4.64. The van der Waals surface area contributed by atoms with Crippen LogP contribution in [-0.4, -0.2) is 19.9 Å². The number of fused-ring (bicyclic) bond motifs is 6. The number of pyridine rings is 4. The topological polar surface area (TPSA) is 51.6 Å². The zero-order valence-electron chi connectivity index (χ0n) is 18.2. The van der Waals surface area contributed by atoms with Crippen molar-refractivity contribution in [3.05, 3.63) is 109 Å². The van der Waals surface area contributed by atoms with E-state index in [0.29, 0.717) is 0 Å². The Labute approximate surface area is 195 Å². The van der Waals surface area contributed by atoms with Crippen molar-refractivity contribution in [2.45, 2.75) is 0 Å². The van der Waals surface area contributed by atoms with Crippen molar-refractivity contribution >= 4 is 43.6 Å². The number of rotatable bonds is 2. The Morgan fingerprint density at radius 1 is 0.441 bits per heavy atom. The Morgan fingerprint density at radius 3 is 1.47 bits per heavy atom. The lowest BCUT2D eigenvalue weighted by Crippen LogP contribution is -1.90. The van der Waals surface area contributed by atoms with Gasteiger partial charge in [0.2, 0.25) is 0 Å². The second kappa shape index (κ2) is 7.42. The third-order valence-electron chi connectivity index (χ3n) is 6.34. The van der Waals surface area contributed by atoms with Gasteiger partial charge >= 0.3 is 0 Å². The maximum atomic E-state index is 5.03. The number of nitrogens with zero attached hydrogens (tertiary/aromatic N) is 4. The summed E-state index contributed by atoms with van der Waals surface area (Å²) in [6, 6.07) is 33.2. The molecular weight excluding hydrogens is 416 g/mol. The fourth-order valence-electron chi connectivity index (χ4n) is 4.64. The summed E-state index contributed by atoms with van der Waals surface area (Å²) in [5.41, 5.74) is 7.82. The molecule has 0 bridgehead atoms. The molecule has 0 spiro atoms. The van der Waals surface area contributed by atoms with Crippen molar-refractivity contribution in [1.82, 2.24) is 19.9 Å². The fraction of sp³-hybridized carbons (Fsp3) is 0. The van der Waals surface area contributed by atoms with Crippen LogP contribution in [0, 0.1) is 0 Å². The molecule has 158 valence electrons. The molecule has 7 rings (SSSR count). The maximum Gasteiger partial charge on any atom is 0.0803 e. The van der Waals surface area contributed by atoms with Gasteiger partial charge in [0.1, 0.15) is 0 Å². The zero-order valence-corrected chi connectivity index (χ0v) is 18.2. The number of hydrogen-bond acceptors (Lipinski definition) is 4. The van der Waals surface area contributed by atoms with E-state index in [1.54, 1.807) is 0 Å². The van der Waals surface area contributed by atoms with Gasteiger partial charge in [-0.15, -0.1) is 0 Å². The Kier molecular flexibility index (Phi) is 4.11. The number of hydrogen-bond donors (Lipinski definition) is 0. The first-order chi connectivity index (χ1) is 16.8. The van der Waals surface area contributed by atoms with Crippen LogP contribution in [0.4, 0.5) is 0 Å². The van der Waals surface area contributed by atoms with Crippen LogP contribution in [0.5, 0.6) is 0 Å². The number of aromatic nitrogens is 4. The Hall–Kier alpha value is -4.70. The van der Waals surface area contributed by atoms with E-state index < -0.39 is 0 Å². The van der Waals surface area contributed by atoms with Gasteiger partial charge < -0.3 is 0 Å². The molecule has 0 saturated carbocycles. The van der Waals surface area contributed by atoms with Crippen molar-refractivity contribution in [2.24, 2.45) is 0 Å². The largest absolute Gasteiger partial charge is 0.256 e. The second-order valence-corrected chi connectivity index (χ2v) is 8.39. The lowest BCUT2D eigenvalue weighted by molar-refractivity contribution is 1.37. The third-order valence-corrected chi connectivity index (χ3v) is 6.34. The molecule has 0 atom stereocenters. The predicted octanol–water partition coefficient (Wildman–Crippen LogP) is 7.21. The van der Waals surface area contributed by atoms with E-state index in [4.69, 9.17) is 9.97 Å². The molecule has 4 heteroatoms. The lowest BCUT2D eigenvalue weighted by atomic mass is 10.0. The SMILES string of the molecule is c1cc(-c2ccc3ccc4ncccc4c3n2)cc(-c2ccc3ccc4ncccc4c3n2)c1. The van der Waals surface area contributed by atoms with E-state index in [1.807, 2.05) is 36.7 Å². The van der Waals surface area contributed by atoms with E-state index in [2.05, 4.69) is 82.8 Å². The van der Waals surface area contributed by atoms with Crippen LogP contribution in [0.3, 0.4) is 0 Å². The molecule has 0 aliphatic carbocycles. The highest BCUT2D eigenvalue weighted by Crippen LogP contribution is 2.30. The molecule has 7 aromatic rings. The van der Waals surface area contributed by atoms with Crippen molar-refractivity contribution in [3.8, 4) is 22.5 Å². The Bertz CT molecular complexity index is 1740. The van der Waals surface area contributed by atoms with Crippen LogP contribution in [0.15, 0.2) is 109 Å². The average Bonchev–Trinajstić information content (AvgIpc) is 2.92. The summed E-state index contributed by atoms with van der Waals surface area (Å²) in [5.74, 6) is 0. The molecule has 0 aliphatic rings. The summed E-state index contributed by atoms with van der Waals surface area (Å²) in [6.07, 6.45) is 3.63. The van der Waals surface area contributed by atoms with E-state index in [1.165, 1.54) is 0 Å². The van der Waals surface area contributed by atoms with Gasteiger partial charge in [0, 0.05) is 45.1 Å². The summed E-state index contributed by atoms with van der Waals surface area (Å²) < 4.78 is 0. The monoisotopic (exact) mass is 434 g/mol. The van der Waals surface area contributed by atoms with Gasteiger partial charge in [-0.2, -0.15) is 0 Å². The zero-order chi connectivity index (χ0) is 22.5. The highest BCUT2D eigenvalue weighted by atomic mass is 14.7. The van der Waals surface area contributed by atoms with Gasteiger partial charge in [0.15, 0.2) is 0 Å². The van der Waals surface area contributed by atoms with E-state index >= 15 is 0 Å². The summed E-state index contributed by atoms with van der Waals surface area (Å²) >= 11 is 0. The summed E-state index contributed by atoms with van der Waals surface area (Å²) in [5, 5.41) is 4.35. The lowest BCUT2D eigenvalue weighted by Gasteiger charge is -2.09. The standard InChI is InChI=1S/C30H18N4/c1-4-21(25-12-8-19-10-14-27-23(29(19)33-25)6-2-16-31-27)18-22(5-1)26-13-9-20-11-15-28-24(30(20)34-26)7-3-17-32-28/h1-18H. The van der Waals surface area contributed by atoms with Gasteiger partial charge in [-0.05, 0) is 54.6 Å². The normalized spacial score (nSPS) is 11.5.